The van der Waals surface area contributed by atoms with E-state index in [1.807, 2.05) is 49.3 Å². The van der Waals surface area contributed by atoms with Crippen LogP contribution in [-0.2, 0) is 20.8 Å². The highest BCUT2D eigenvalue weighted by Gasteiger charge is 2.13. The summed E-state index contributed by atoms with van der Waals surface area (Å²) in [5.74, 6) is 0. The van der Waals surface area contributed by atoms with Crippen LogP contribution in [-0.4, -0.2) is 64.1 Å². The molecule has 1 aromatic carbocycles. The summed E-state index contributed by atoms with van der Waals surface area (Å²) in [5, 5.41) is 2.77. The first-order valence-corrected chi connectivity index (χ1v) is 15.9. The molecule has 0 heterocycles. The van der Waals surface area contributed by atoms with E-state index in [0.717, 1.165) is 25.1 Å². The molecule has 39 heavy (non-hydrogen) atoms. The highest BCUT2D eigenvalue weighted by atomic mass is 16.6. The van der Waals surface area contributed by atoms with Gasteiger partial charge in [0, 0.05) is 19.7 Å². The Morgan fingerprint density at radius 2 is 1.31 bits per heavy atom. The van der Waals surface area contributed by atoms with Gasteiger partial charge in [0.2, 0.25) is 0 Å². The van der Waals surface area contributed by atoms with Crippen molar-refractivity contribution in [2.24, 2.45) is 0 Å². The summed E-state index contributed by atoms with van der Waals surface area (Å²) >= 11 is 0. The number of hydrogen-bond donors (Lipinski definition) is 1. The second-order valence-corrected chi connectivity index (χ2v) is 11.1. The van der Waals surface area contributed by atoms with Crippen molar-refractivity contribution in [1.29, 1.82) is 0 Å². The number of alkyl carbamates (subject to hydrolysis) is 1. The van der Waals surface area contributed by atoms with Gasteiger partial charge in [-0.05, 0) is 26.1 Å². The maximum absolute atomic E-state index is 12.0. The van der Waals surface area contributed by atoms with Crippen LogP contribution in [0.2, 0.25) is 0 Å². The molecule has 0 saturated heterocycles. The normalized spacial score (nSPS) is 12.1. The lowest BCUT2D eigenvalue weighted by Crippen LogP contribution is -2.34. The Hall–Kier alpha value is -1.63. The Morgan fingerprint density at radius 1 is 0.769 bits per heavy atom. The van der Waals surface area contributed by atoms with Crippen molar-refractivity contribution < 1.29 is 19.0 Å². The molecule has 0 fully saturated rings. The first kappa shape index (κ1) is 35.4. The van der Waals surface area contributed by atoms with E-state index < -0.39 is 6.09 Å². The zero-order valence-electron chi connectivity index (χ0n) is 25.6. The smallest absolute Gasteiger partial charge is 0.407 e. The van der Waals surface area contributed by atoms with E-state index in [1.165, 1.54) is 96.3 Å². The monoisotopic (exact) mass is 548 g/mol. The van der Waals surface area contributed by atoms with Gasteiger partial charge in [-0.3, -0.25) is 0 Å². The minimum absolute atomic E-state index is 0.180. The van der Waals surface area contributed by atoms with Gasteiger partial charge >= 0.3 is 6.09 Å². The molecule has 0 aliphatic heterocycles. The van der Waals surface area contributed by atoms with Crippen LogP contribution in [0.3, 0.4) is 0 Å². The summed E-state index contributed by atoms with van der Waals surface area (Å²) in [4.78, 5) is 14.0. The number of carbonyl (C=O) groups excluding carboxylic acids is 1. The number of nitrogens with one attached hydrogen (secondary N) is 1. The highest BCUT2D eigenvalue weighted by Crippen LogP contribution is 2.14. The van der Waals surface area contributed by atoms with E-state index in [9.17, 15) is 4.79 Å². The Labute approximate surface area is 240 Å². The van der Waals surface area contributed by atoms with Crippen molar-refractivity contribution in [1.82, 2.24) is 10.2 Å². The molecular formula is C33H60N2O4. The van der Waals surface area contributed by atoms with E-state index >= 15 is 0 Å². The van der Waals surface area contributed by atoms with Crippen LogP contribution in [0.5, 0.6) is 0 Å². The summed E-state index contributed by atoms with van der Waals surface area (Å²) in [6.45, 7) is 5.41. The van der Waals surface area contributed by atoms with Gasteiger partial charge in [0.05, 0.1) is 13.2 Å². The minimum atomic E-state index is -0.414. The molecule has 1 amide bonds. The van der Waals surface area contributed by atoms with Crippen molar-refractivity contribution in [3.05, 3.63) is 35.9 Å². The molecule has 6 nitrogen and oxygen atoms in total. The summed E-state index contributed by atoms with van der Waals surface area (Å²) in [6.07, 6.45) is 21.1. The summed E-state index contributed by atoms with van der Waals surface area (Å²) < 4.78 is 17.3. The Bertz CT molecular complexity index is 656. The summed E-state index contributed by atoms with van der Waals surface area (Å²) in [6, 6.07) is 10.0. The summed E-state index contributed by atoms with van der Waals surface area (Å²) in [7, 11) is 3.94. The molecule has 0 saturated carbocycles. The van der Waals surface area contributed by atoms with Crippen LogP contribution in [0.25, 0.3) is 0 Å². The maximum atomic E-state index is 12.0. The van der Waals surface area contributed by atoms with Crippen molar-refractivity contribution in [2.45, 2.75) is 122 Å². The number of benzene rings is 1. The van der Waals surface area contributed by atoms with Crippen LogP contribution in [0.4, 0.5) is 4.79 Å². The number of unbranched alkanes of at least 4 members (excludes halogenated alkanes) is 15. The molecule has 0 radical (unpaired) electrons. The average molecular weight is 549 g/mol. The molecule has 0 aliphatic rings. The van der Waals surface area contributed by atoms with Gasteiger partial charge < -0.3 is 24.4 Å². The molecule has 1 unspecified atom stereocenters. The van der Waals surface area contributed by atoms with Crippen molar-refractivity contribution in [2.75, 3.05) is 47.0 Å². The third-order valence-electron chi connectivity index (χ3n) is 7.00. The van der Waals surface area contributed by atoms with Gasteiger partial charge in [-0.1, -0.05) is 134 Å². The molecule has 0 spiro atoms. The van der Waals surface area contributed by atoms with E-state index in [2.05, 4.69) is 12.2 Å². The van der Waals surface area contributed by atoms with Gasteiger partial charge in [0.15, 0.2) is 0 Å². The maximum Gasteiger partial charge on any atom is 0.407 e. The number of carbonyl (C=O) groups is 1. The lowest BCUT2D eigenvalue weighted by molar-refractivity contribution is -0.0530. The van der Waals surface area contributed by atoms with Gasteiger partial charge in [0.1, 0.15) is 12.7 Å². The Kier molecular flexibility index (Phi) is 24.1. The topological polar surface area (TPSA) is 60.0 Å². The van der Waals surface area contributed by atoms with E-state index in [0.29, 0.717) is 19.8 Å². The fraction of sp³-hybridized carbons (Fsp3) is 0.788. The lowest BCUT2D eigenvalue weighted by atomic mass is 10.0. The lowest BCUT2D eigenvalue weighted by Gasteiger charge is -2.19. The number of ether oxygens (including phenoxy) is 3. The van der Waals surface area contributed by atoms with Crippen molar-refractivity contribution in [3.63, 3.8) is 0 Å². The van der Waals surface area contributed by atoms with Crippen LogP contribution in [0, 0.1) is 0 Å². The molecule has 226 valence electrons. The Morgan fingerprint density at radius 3 is 1.85 bits per heavy atom. The van der Waals surface area contributed by atoms with Crippen molar-refractivity contribution >= 4 is 6.09 Å². The SMILES string of the molecule is CCCCCCCCCCCCCCCCCCOCC(COC(=O)NCCN(C)C)OCc1ccccc1. The molecule has 0 bridgehead atoms. The number of nitrogens with zero attached hydrogens (tertiary/aromatic N) is 1. The molecule has 1 rings (SSSR count). The second-order valence-electron chi connectivity index (χ2n) is 11.1. The third-order valence-corrected chi connectivity index (χ3v) is 7.00. The Balaban J connectivity index is 2.05. The quantitative estimate of drug-likeness (QED) is 0.112. The first-order chi connectivity index (χ1) is 19.1. The third kappa shape index (κ3) is 23.9. The van der Waals surface area contributed by atoms with Crippen LogP contribution in [0.1, 0.15) is 115 Å². The fourth-order valence-corrected chi connectivity index (χ4v) is 4.50. The number of hydrogen-bond acceptors (Lipinski definition) is 5. The number of likely N-dealkylation sites (N-methyl/N-ethyl adjacent to an activating group) is 1. The predicted octanol–water partition coefficient (Wildman–Crippen LogP) is 8.14. The predicted molar refractivity (Wildman–Crippen MR) is 163 cm³/mol. The van der Waals surface area contributed by atoms with Crippen LogP contribution < -0.4 is 5.32 Å². The second kappa shape index (κ2) is 26.6. The summed E-state index contributed by atoms with van der Waals surface area (Å²) in [5.41, 5.74) is 1.09. The molecular weight excluding hydrogens is 488 g/mol. The van der Waals surface area contributed by atoms with E-state index in [4.69, 9.17) is 14.2 Å². The van der Waals surface area contributed by atoms with E-state index in [1.54, 1.807) is 0 Å². The molecule has 6 heteroatoms. The van der Waals surface area contributed by atoms with Crippen LogP contribution >= 0.6 is 0 Å². The number of rotatable bonds is 27. The molecule has 0 aromatic heterocycles. The fourth-order valence-electron chi connectivity index (χ4n) is 4.50. The zero-order valence-corrected chi connectivity index (χ0v) is 25.6. The standard InChI is InChI=1S/C33H60N2O4/c1-4-5-6-7-8-9-10-11-12-13-14-15-16-17-18-22-27-37-29-32(38-28-31-23-20-19-21-24-31)30-39-33(36)34-25-26-35(2)3/h19-21,23-24,32H,4-18,22,25-30H2,1-3H3,(H,34,36). The van der Waals surface area contributed by atoms with Gasteiger partial charge in [0.25, 0.3) is 0 Å². The van der Waals surface area contributed by atoms with Crippen molar-refractivity contribution in [3.8, 4) is 0 Å². The highest BCUT2D eigenvalue weighted by molar-refractivity contribution is 5.67. The number of amides is 1. The van der Waals surface area contributed by atoms with Gasteiger partial charge in [-0.25, -0.2) is 4.79 Å². The minimum Gasteiger partial charge on any atom is -0.447 e. The van der Waals surface area contributed by atoms with Gasteiger partial charge in [-0.2, -0.15) is 0 Å². The first-order valence-electron chi connectivity index (χ1n) is 15.9. The zero-order chi connectivity index (χ0) is 28.2. The largest absolute Gasteiger partial charge is 0.447 e. The molecule has 1 atom stereocenters. The molecule has 1 aromatic rings. The van der Waals surface area contributed by atoms with Crippen LogP contribution in [0.15, 0.2) is 30.3 Å². The molecule has 1 N–H and O–H groups in total. The molecule has 0 aliphatic carbocycles. The van der Waals surface area contributed by atoms with Gasteiger partial charge in [-0.15, -0.1) is 0 Å². The average Bonchev–Trinajstić information content (AvgIpc) is 2.93. The van der Waals surface area contributed by atoms with E-state index in [-0.39, 0.29) is 12.7 Å².